The minimum atomic E-state index is 0.625. The zero-order valence-corrected chi connectivity index (χ0v) is 5.41. The third-order valence-electron chi connectivity index (χ3n) is 3.03. The second-order valence-corrected chi connectivity index (χ2v) is 3.39. The van der Waals surface area contributed by atoms with E-state index in [2.05, 4.69) is 13.5 Å². The summed E-state index contributed by atoms with van der Waals surface area (Å²) in [5.74, 6) is 0.933. The van der Waals surface area contributed by atoms with Crippen LogP contribution in [0.15, 0.2) is 12.2 Å². The van der Waals surface area contributed by atoms with E-state index in [-0.39, 0.29) is 0 Å². The highest BCUT2D eigenvalue weighted by Crippen LogP contribution is 2.66. The number of rotatable bonds is 0. The van der Waals surface area contributed by atoms with E-state index in [0.29, 0.717) is 5.41 Å². The van der Waals surface area contributed by atoms with E-state index in [1.807, 2.05) is 0 Å². The molecule has 0 N–H and O–H groups in total. The lowest BCUT2D eigenvalue weighted by Gasteiger charge is -1.97. The molecule has 44 valence electrons. The van der Waals surface area contributed by atoms with Gasteiger partial charge in [0.05, 0.1) is 0 Å². The van der Waals surface area contributed by atoms with E-state index < -0.39 is 0 Å². The lowest BCUT2D eigenvalue weighted by Crippen LogP contribution is -1.87. The highest BCUT2D eigenvalue weighted by Gasteiger charge is 2.56. The van der Waals surface area contributed by atoms with Crippen LogP contribution in [0.2, 0.25) is 0 Å². The van der Waals surface area contributed by atoms with Crippen LogP contribution in [0, 0.1) is 11.3 Å². The van der Waals surface area contributed by atoms with Crippen molar-refractivity contribution in [1.29, 1.82) is 0 Å². The summed E-state index contributed by atoms with van der Waals surface area (Å²) in [5, 5.41) is 0. The van der Waals surface area contributed by atoms with Crippen LogP contribution in [-0.2, 0) is 0 Å². The van der Waals surface area contributed by atoms with Crippen molar-refractivity contribution in [3.8, 4) is 0 Å². The van der Waals surface area contributed by atoms with Gasteiger partial charge in [-0.2, -0.15) is 0 Å². The van der Waals surface area contributed by atoms with Crippen molar-refractivity contribution in [2.75, 3.05) is 0 Å². The Kier molecular flexibility index (Phi) is 0.588. The van der Waals surface area contributed by atoms with Gasteiger partial charge in [-0.25, -0.2) is 0 Å². The Hall–Kier alpha value is -0.260. The van der Waals surface area contributed by atoms with Crippen molar-refractivity contribution < 1.29 is 0 Å². The van der Waals surface area contributed by atoms with Crippen molar-refractivity contribution in [2.24, 2.45) is 11.3 Å². The standard InChI is InChI=1S/C8H12/c1-6-7-4-3-5-8(6,7)2/h7H,1,3-5H2,2H3. The predicted molar refractivity (Wildman–Crippen MR) is 34.6 cm³/mol. The van der Waals surface area contributed by atoms with Gasteiger partial charge in [0.1, 0.15) is 0 Å². The predicted octanol–water partition coefficient (Wildman–Crippen LogP) is 2.36. The monoisotopic (exact) mass is 108 g/mol. The molecule has 0 aromatic carbocycles. The van der Waals surface area contributed by atoms with Gasteiger partial charge in [-0.15, -0.1) is 0 Å². The lowest BCUT2D eigenvalue weighted by atomic mass is 10.1. The summed E-state index contributed by atoms with van der Waals surface area (Å²) >= 11 is 0. The molecule has 0 aliphatic heterocycles. The molecule has 0 nitrogen and oxygen atoms in total. The summed E-state index contributed by atoms with van der Waals surface area (Å²) in [6.07, 6.45) is 4.28. The van der Waals surface area contributed by atoms with Crippen LogP contribution in [0.4, 0.5) is 0 Å². The van der Waals surface area contributed by atoms with Crippen LogP contribution in [0.1, 0.15) is 26.2 Å². The van der Waals surface area contributed by atoms with Crippen LogP contribution in [0.5, 0.6) is 0 Å². The first-order chi connectivity index (χ1) is 3.75. The Morgan fingerprint density at radius 2 is 2.50 bits per heavy atom. The van der Waals surface area contributed by atoms with Crippen molar-refractivity contribution in [3.63, 3.8) is 0 Å². The molecule has 0 bridgehead atoms. The van der Waals surface area contributed by atoms with E-state index in [1.165, 1.54) is 24.8 Å². The van der Waals surface area contributed by atoms with Crippen molar-refractivity contribution in [2.45, 2.75) is 26.2 Å². The average molecular weight is 108 g/mol. The molecule has 2 atom stereocenters. The zero-order chi connectivity index (χ0) is 5.78. The first kappa shape index (κ1) is 4.60. The molecular formula is C8H12. The SMILES string of the molecule is C=C1C2CCCC12C. The first-order valence-corrected chi connectivity index (χ1v) is 3.44. The quantitative estimate of drug-likeness (QED) is 0.418. The molecule has 2 aliphatic rings. The van der Waals surface area contributed by atoms with Gasteiger partial charge in [0.15, 0.2) is 0 Å². The Bertz CT molecular complexity index is 146. The normalized spacial score (nSPS) is 51.6. The zero-order valence-electron chi connectivity index (χ0n) is 5.41. The molecule has 0 saturated heterocycles. The third kappa shape index (κ3) is 0.300. The maximum Gasteiger partial charge on any atom is -0.00505 e. The fraction of sp³-hybridized carbons (Fsp3) is 0.750. The second-order valence-electron chi connectivity index (χ2n) is 3.39. The molecule has 8 heavy (non-hydrogen) atoms. The Balaban J connectivity index is 2.29. The van der Waals surface area contributed by atoms with Crippen molar-refractivity contribution in [3.05, 3.63) is 12.2 Å². The fourth-order valence-corrected chi connectivity index (χ4v) is 2.15. The number of hydrogen-bond donors (Lipinski definition) is 0. The minimum Gasteiger partial charge on any atom is -0.0990 e. The first-order valence-electron chi connectivity index (χ1n) is 3.44. The molecule has 0 aromatic rings. The van der Waals surface area contributed by atoms with Crippen molar-refractivity contribution in [1.82, 2.24) is 0 Å². The molecule has 0 amide bonds. The second kappa shape index (κ2) is 1.02. The maximum absolute atomic E-state index is 4.02. The van der Waals surface area contributed by atoms with Gasteiger partial charge in [-0.1, -0.05) is 25.5 Å². The topological polar surface area (TPSA) is 0 Å². The third-order valence-corrected chi connectivity index (χ3v) is 3.03. The largest absolute Gasteiger partial charge is 0.0990 e. The Labute approximate surface area is 50.6 Å². The summed E-state index contributed by atoms with van der Waals surface area (Å²) < 4.78 is 0. The molecule has 0 heterocycles. The molecule has 0 radical (unpaired) electrons. The summed E-state index contributed by atoms with van der Waals surface area (Å²) in [7, 11) is 0. The average Bonchev–Trinajstić information content (AvgIpc) is 2.23. The molecular weight excluding hydrogens is 96.1 g/mol. The lowest BCUT2D eigenvalue weighted by molar-refractivity contribution is 0.571. The van der Waals surface area contributed by atoms with Gasteiger partial charge in [-0.3, -0.25) is 0 Å². The van der Waals surface area contributed by atoms with Crippen LogP contribution >= 0.6 is 0 Å². The van der Waals surface area contributed by atoms with E-state index in [4.69, 9.17) is 0 Å². The van der Waals surface area contributed by atoms with Crippen LogP contribution in [0.3, 0.4) is 0 Å². The van der Waals surface area contributed by atoms with Crippen molar-refractivity contribution >= 4 is 0 Å². The molecule has 2 saturated carbocycles. The molecule has 2 aliphatic carbocycles. The van der Waals surface area contributed by atoms with Gasteiger partial charge >= 0.3 is 0 Å². The summed E-state index contributed by atoms with van der Waals surface area (Å²) in [6.45, 7) is 6.38. The molecule has 2 unspecified atom stereocenters. The van der Waals surface area contributed by atoms with Gasteiger partial charge < -0.3 is 0 Å². The number of fused-ring (bicyclic) bond motifs is 1. The highest BCUT2D eigenvalue weighted by molar-refractivity contribution is 5.36. The van der Waals surface area contributed by atoms with Crippen LogP contribution in [-0.4, -0.2) is 0 Å². The van der Waals surface area contributed by atoms with E-state index in [9.17, 15) is 0 Å². The molecule has 0 heteroatoms. The van der Waals surface area contributed by atoms with E-state index in [0.717, 1.165) is 5.92 Å². The Morgan fingerprint density at radius 1 is 1.75 bits per heavy atom. The molecule has 2 fully saturated rings. The number of allylic oxidation sites excluding steroid dienone is 1. The van der Waals surface area contributed by atoms with E-state index >= 15 is 0 Å². The minimum absolute atomic E-state index is 0.625. The van der Waals surface area contributed by atoms with Gasteiger partial charge in [-0.05, 0) is 24.2 Å². The molecule has 0 spiro atoms. The smallest absolute Gasteiger partial charge is 0.00505 e. The fourth-order valence-electron chi connectivity index (χ4n) is 2.15. The molecule has 0 aromatic heterocycles. The van der Waals surface area contributed by atoms with Gasteiger partial charge in [0.25, 0.3) is 0 Å². The van der Waals surface area contributed by atoms with Crippen LogP contribution < -0.4 is 0 Å². The summed E-state index contributed by atoms with van der Waals surface area (Å²) in [5.41, 5.74) is 2.16. The highest BCUT2D eigenvalue weighted by atomic mass is 14.6. The Morgan fingerprint density at radius 3 is 2.75 bits per heavy atom. The van der Waals surface area contributed by atoms with Gasteiger partial charge in [0, 0.05) is 0 Å². The van der Waals surface area contributed by atoms with E-state index in [1.54, 1.807) is 0 Å². The summed E-state index contributed by atoms with van der Waals surface area (Å²) in [4.78, 5) is 0. The summed E-state index contributed by atoms with van der Waals surface area (Å²) in [6, 6.07) is 0. The van der Waals surface area contributed by atoms with Gasteiger partial charge in [0.2, 0.25) is 0 Å². The van der Waals surface area contributed by atoms with Crippen LogP contribution in [0.25, 0.3) is 0 Å². The maximum atomic E-state index is 4.02. The molecule has 2 rings (SSSR count). The number of hydrogen-bond acceptors (Lipinski definition) is 0.